The Balaban J connectivity index is 1.60. The van der Waals surface area contributed by atoms with Gasteiger partial charge in [-0.2, -0.15) is 0 Å². The van der Waals surface area contributed by atoms with Crippen molar-refractivity contribution in [2.45, 2.75) is 0 Å². The molecule has 0 radical (unpaired) electrons. The lowest BCUT2D eigenvalue weighted by atomic mass is 10.4. The van der Waals surface area contributed by atoms with Crippen molar-refractivity contribution in [2.24, 2.45) is 0 Å². The highest BCUT2D eigenvalue weighted by atomic mass is 33.1. The van der Waals surface area contributed by atoms with Crippen LogP contribution in [0.2, 0.25) is 0 Å². The smallest absolute Gasteiger partial charge is 0.0226 e. The van der Waals surface area contributed by atoms with E-state index in [2.05, 4.69) is 32.5 Å². The lowest BCUT2D eigenvalue weighted by molar-refractivity contribution is 0.231. The summed E-state index contributed by atoms with van der Waals surface area (Å²) in [6.07, 6.45) is 0. The zero-order chi connectivity index (χ0) is 11.4. The van der Waals surface area contributed by atoms with Gasteiger partial charge in [0.1, 0.15) is 0 Å². The first kappa shape index (κ1) is 13.0. The summed E-state index contributed by atoms with van der Waals surface area (Å²) in [7, 11) is 8.28. The maximum absolute atomic E-state index is 2.49. The van der Waals surface area contributed by atoms with Crippen LogP contribution in [-0.2, 0) is 0 Å². The quantitative estimate of drug-likeness (QED) is 0.544. The van der Waals surface area contributed by atoms with Gasteiger partial charge in [0.2, 0.25) is 0 Å². The Morgan fingerprint density at radius 2 is 0.875 bits per heavy atom. The standard InChI is InChI=1S/C10H22N4S2/c1-11-3-7-13(8-4-11)15-16-14-9-5-12(2)6-10-14/h3-10H2,1-2H3. The van der Waals surface area contributed by atoms with Crippen LogP contribution in [0.4, 0.5) is 0 Å². The molecule has 0 amide bonds. The molecule has 16 heavy (non-hydrogen) atoms. The predicted octanol–water partition coefficient (Wildman–Crippen LogP) is 0.693. The molecule has 0 aromatic heterocycles. The first-order valence-electron chi connectivity index (χ1n) is 5.96. The van der Waals surface area contributed by atoms with E-state index in [1.165, 1.54) is 52.4 Å². The van der Waals surface area contributed by atoms with Crippen LogP contribution in [0.3, 0.4) is 0 Å². The molecule has 2 heterocycles. The van der Waals surface area contributed by atoms with E-state index in [0.29, 0.717) is 0 Å². The highest BCUT2D eigenvalue weighted by Gasteiger charge is 2.18. The number of piperazine rings is 2. The van der Waals surface area contributed by atoms with Crippen molar-refractivity contribution >= 4 is 22.0 Å². The summed E-state index contributed by atoms with van der Waals surface area (Å²) < 4.78 is 4.98. The third-order valence-electron chi connectivity index (χ3n) is 3.17. The lowest BCUT2D eigenvalue weighted by Gasteiger charge is -2.34. The van der Waals surface area contributed by atoms with E-state index in [0.717, 1.165) is 0 Å². The zero-order valence-corrected chi connectivity index (χ0v) is 11.9. The molecule has 2 aliphatic heterocycles. The molecule has 0 atom stereocenters. The Morgan fingerprint density at radius 1 is 0.562 bits per heavy atom. The Labute approximate surface area is 107 Å². The molecule has 2 fully saturated rings. The summed E-state index contributed by atoms with van der Waals surface area (Å²) in [4.78, 5) is 4.80. The SMILES string of the molecule is CN1CCN(SSN2CCN(C)CC2)CC1. The Hall–Kier alpha value is 0.540. The summed E-state index contributed by atoms with van der Waals surface area (Å²) in [6, 6.07) is 0. The Morgan fingerprint density at radius 3 is 1.19 bits per heavy atom. The van der Waals surface area contributed by atoms with Crippen LogP contribution in [0.25, 0.3) is 0 Å². The molecule has 0 spiro atoms. The van der Waals surface area contributed by atoms with E-state index in [9.17, 15) is 0 Å². The topological polar surface area (TPSA) is 13.0 Å². The fourth-order valence-electron chi connectivity index (χ4n) is 1.82. The van der Waals surface area contributed by atoms with Crippen molar-refractivity contribution in [3.63, 3.8) is 0 Å². The third-order valence-corrected chi connectivity index (χ3v) is 5.85. The molecule has 4 nitrogen and oxygen atoms in total. The normalized spacial score (nSPS) is 27.4. The van der Waals surface area contributed by atoms with Crippen molar-refractivity contribution < 1.29 is 0 Å². The minimum absolute atomic E-state index is 1.20. The van der Waals surface area contributed by atoms with E-state index < -0.39 is 0 Å². The van der Waals surface area contributed by atoms with E-state index in [1.54, 1.807) is 0 Å². The second-order valence-electron chi connectivity index (χ2n) is 4.61. The van der Waals surface area contributed by atoms with Gasteiger partial charge in [0.05, 0.1) is 0 Å². The number of nitrogens with zero attached hydrogens (tertiary/aromatic N) is 4. The molecule has 2 rings (SSSR count). The van der Waals surface area contributed by atoms with Crippen molar-refractivity contribution in [2.75, 3.05) is 66.5 Å². The number of hydrogen-bond acceptors (Lipinski definition) is 6. The van der Waals surface area contributed by atoms with Gasteiger partial charge in [0.15, 0.2) is 0 Å². The van der Waals surface area contributed by atoms with Crippen molar-refractivity contribution in [1.82, 2.24) is 18.4 Å². The van der Waals surface area contributed by atoms with Gasteiger partial charge in [-0.25, -0.2) is 8.61 Å². The van der Waals surface area contributed by atoms with Crippen molar-refractivity contribution in [1.29, 1.82) is 0 Å². The summed E-state index contributed by atoms with van der Waals surface area (Å²) in [5, 5.41) is 0. The van der Waals surface area contributed by atoms with Gasteiger partial charge in [0, 0.05) is 74.3 Å². The van der Waals surface area contributed by atoms with Crippen LogP contribution in [0.15, 0.2) is 0 Å². The van der Waals surface area contributed by atoms with Crippen molar-refractivity contribution in [3.8, 4) is 0 Å². The average molecular weight is 262 g/mol. The summed E-state index contributed by atoms with van der Waals surface area (Å²) >= 11 is 0. The molecular formula is C10H22N4S2. The van der Waals surface area contributed by atoms with Crippen molar-refractivity contribution in [3.05, 3.63) is 0 Å². The van der Waals surface area contributed by atoms with E-state index in [4.69, 9.17) is 0 Å². The molecular weight excluding hydrogens is 240 g/mol. The fourth-order valence-corrected chi connectivity index (χ4v) is 4.09. The number of likely N-dealkylation sites (N-methyl/N-ethyl adjacent to an activating group) is 2. The lowest BCUT2D eigenvalue weighted by Crippen LogP contribution is -2.42. The van der Waals surface area contributed by atoms with Gasteiger partial charge in [-0.05, 0) is 14.1 Å². The van der Waals surface area contributed by atoms with Crippen LogP contribution in [0.5, 0.6) is 0 Å². The van der Waals surface area contributed by atoms with Gasteiger partial charge < -0.3 is 9.80 Å². The molecule has 0 aliphatic carbocycles. The molecule has 94 valence electrons. The second kappa shape index (κ2) is 6.47. The number of rotatable bonds is 3. The monoisotopic (exact) mass is 262 g/mol. The average Bonchev–Trinajstić information content (AvgIpc) is 2.30. The summed E-state index contributed by atoms with van der Waals surface area (Å²) in [5.41, 5.74) is 0. The first-order valence-corrected chi connectivity index (χ1v) is 8.02. The largest absolute Gasteiger partial charge is 0.304 e. The van der Waals surface area contributed by atoms with Gasteiger partial charge in [-0.1, -0.05) is 0 Å². The summed E-state index contributed by atoms with van der Waals surface area (Å²) in [6.45, 7) is 9.60. The number of hydrogen-bond donors (Lipinski definition) is 0. The van der Waals surface area contributed by atoms with E-state index >= 15 is 0 Å². The second-order valence-corrected chi connectivity index (χ2v) is 6.84. The Kier molecular flexibility index (Phi) is 5.25. The molecule has 0 saturated carbocycles. The van der Waals surface area contributed by atoms with Gasteiger partial charge in [-0.15, -0.1) is 0 Å². The van der Waals surface area contributed by atoms with Crippen LogP contribution in [-0.4, -0.2) is 84.9 Å². The molecule has 0 aromatic rings. The fraction of sp³-hybridized carbons (Fsp3) is 1.00. The maximum Gasteiger partial charge on any atom is 0.0226 e. The van der Waals surface area contributed by atoms with E-state index in [-0.39, 0.29) is 0 Å². The Bertz CT molecular complexity index is 179. The molecule has 0 unspecified atom stereocenters. The van der Waals surface area contributed by atoms with Crippen LogP contribution in [0, 0.1) is 0 Å². The molecule has 0 N–H and O–H groups in total. The molecule has 0 bridgehead atoms. The van der Waals surface area contributed by atoms with Gasteiger partial charge in [0.25, 0.3) is 0 Å². The molecule has 0 aromatic carbocycles. The van der Waals surface area contributed by atoms with Gasteiger partial charge >= 0.3 is 0 Å². The van der Waals surface area contributed by atoms with Crippen LogP contribution >= 0.6 is 22.0 Å². The minimum atomic E-state index is 1.20. The predicted molar refractivity (Wildman–Crippen MR) is 73.3 cm³/mol. The molecule has 6 heteroatoms. The first-order chi connectivity index (χ1) is 7.74. The van der Waals surface area contributed by atoms with Crippen LogP contribution < -0.4 is 0 Å². The maximum atomic E-state index is 2.49. The van der Waals surface area contributed by atoms with Gasteiger partial charge in [-0.3, -0.25) is 0 Å². The molecule has 2 saturated heterocycles. The summed E-state index contributed by atoms with van der Waals surface area (Å²) in [5.74, 6) is 0. The minimum Gasteiger partial charge on any atom is -0.304 e. The zero-order valence-electron chi connectivity index (χ0n) is 10.3. The third kappa shape index (κ3) is 4.09. The molecule has 2 aliphatic rings. The highest BCUT2D eigenvalue weighted by Crippen LogP contribution is 2.30. The van der Waals surface area contributed by atoms with E-state index in [1.807, 2.05) is 22.0 Å². The highest BCUT2D eigenvalue weighted by molar-refractivity contribution is 8.74. The van der Waals surface area contributed by atoms with Crippen LogP contribution in [0.1, 0.15) is 0 Å².